The standard InChI is InChI=1S/C34H35F5N4O3/c1-20-14-28(36)30(40-17-20)19-46-24-8-9-29-31(16-24)43(32(41-29)25-4-2-3-5-26(25)33(44)45)18-21-6-7-23(15-27(21)35)42-12-10-22(11-13-42)34(37,38)39/h6-9,14-17,22,25-26H,2-5,10-13,18-19H2,1H3,(H,44,45)/t25-,26+/m1/s1. The minimum Gasteiger partial charge on any atom is -0.487 e. The van der Waals surface area contributed by atoms with Crippen LogP contribution in [0.2, 0.25) is 0 Å². The number of halogens is 5. The van der Waals surface area contributed by atoms with Crippen molar-refractivity contribution in [3.8, 4) is 5.75 Å². The minimum atomic E-state index is -4.23. The predicted octanol–water partition coefficient (Wildman–Crippen LogP) is 7.78. The molecule has 0 bridgehead atoms. The number of rotatable bonds is 8. The van der Waals surface area contributed by atoms with Crippen molar-refractivity contribution in [1.29, 1.82) is 0 Å². The highest BCUT2D eigenvalue weighted by molar-refractivity contribution is 5.79. The summed E-state index contributed by atoms with van der Waals surface area (Å²) in [6.07, 6.45) is 0.0164. The molecule has 2 aromatic heterocycles. The van der Waals surface area contributed by atoms with Gasteiger partial charge in [0.25, 0.3) is 0 Å². The number of fused-ring (bicyclic) bond motifs is 1. The number of aryl methyl sites for hydroxylation is 1. The first-order valence-corrected chi connectivity index (χ1v) is 15.5. The first-order chi connectivity index (χ1) is 22.0. The molecule has 1 saturated carbocycles. The van der Waals surface area contributed by atoms with Crippen LogP contribution < -0.4 is 9.64 Å². The second kappa shape index (κ2) is 12.9. The van der Waals surface area contributed by atoms with E-state index in [-0.39, 0.29) is 50.7 Å². The number of nitrogens with zero attached hydrogens (tertiary/aromatic N) is 4. The van der Waals surface area contributed by atoms with E-state index in [1.165, 1.54) is 12.1 Å². The number of benzene rings is 2. The van der Waals surface area contributed by atoms with Crippen molar-refractivity contribution < 1.29 is 36.6 Å². The van der Waals surface area contributed by atoms with Gasteiger partial charge in [0, 0.05) is 42.5 Å². The Balaban J connectivity index is 1.31. The van der Waals surface area contributed by atoms with Crippen molar-refractivity contribution in [3.63, 3.8) is 0 Å². The Kier molecular flexibility index (Phi) is 8.89. The molecule has 0 amide bonds. The summed E-state index contributed by atoms with van der Waals surface area (Å²) in [5.41, 5.74) is 2.88. The lowest BCUT2D eigenvalue weighted by Gasteiger charge is -2.34. The molecular formula is C34H35F5N4O3. The fourth-order valence-electron chi connectivity index (χ4n) is 6.71. The summed E-state index contributed by atoms with van der Waals surface area (Å²) in [6.45, 7) is 2.04. The van der Waals surface area contributed by atoms with E-state index < -0.39 is 35.6 Å². The van der Waals surface area contributed by atoms with E-state index in [1.54, 1.807) is 48.4 Å². The second-order valence-electron chi connectivity index (χ2n) is 12.4. The Morgan fingerprint density at radius 1 is 1.00 bits per heavy atom. The molecule has 2 fully saturated rings. The van der Waals surface area contributed by atoms with Crippen LogP contribution in [0.3, 0.4) is 0 Å². The summed E-state index contributed by atoms with van der Waals surface area (Å²) in [5, 5.41) is 10.0. The lowest BCUT2D eigenvalue weighted by atomic mass is 9.78. The molecule has 0 radical (unpaired) electrons. The van der Waals surface area contributed by atoms with Crippen LogP contribution in [0.15, 0.2) is 48.7 Å². The SMILES string of the molecule is Cc1cnc(COc2ccc3nc([C@@H]4CCCC[C@@H]4C(=O)O)n(Cc4ccc(N5CCC(C(F)(F)F)CC5)cc4F)c3c2)c(F)c1. The van der Waals surface area contributed by atoms with Crippen LogP contribution in [-0.4, -0.2) is 44.9 Å². The number of ether oxygens (including phenoxy) is 1. The maximum absolute atomic E-state index is 15.7. The lowest BCUT2D eigenvalue weighted by molar-refractivity contribution is -0.179. The van der Waals surface area contributed by atoms with E-state index in [1.807, 2.05) is 4.57 Å². The van der Waals surface area contributed by atoms with Crippen molar-refractivity contribution in [2.24, 2.45) is 11.8 Å². The van der Waals surface area contributed by atoms with Crippen LogP contribution in [-0.2, 0) is 17.9 Å². The number of anilines is 1. The fraction of sp³-hybridized carbons (Fsp3) is 0.441. The zero-order chi connectivity index (χ0) is 32.6. The summed E-state index contributed by atoms with van der Waals surface area (Å²) in [6, 6.07) is 11.2. The largest absolute Gasteiger partial charge is 0.487 e. The second-order valence-corrected chi connectivity index (χ2v) is 12.4. The van der Waals surface area contributed by atoms with E-state index in [9.17, 15) is 27.5 Å². The minimum absolute atomic E-state index is 0.0413. The van der Waals surface area contributed by atoms with E-state index in [0.717, 1.165) is 12.8 Å². The molecular weight excluding hydrogens is 607 g/mol. The van der Waals surface area contributed by atoms with Gasteiger partial charge in [0.05, 0.1) is 29.4 Å². The molecule has 1 aliphatic carbocycles. The molecule has 3 heterocycles. The number of pyridine rings is 1. The number of hydrogen-bond donors (Lipinski definition) is 1. The molecule has 1 saturated heterocycles. The number of carboxylic acids is 1. The van der Waals surface area contributed by atoms with Gasteiger partial charge < -0.3 is 19.3 Å². The lowest BCUT2D eigenvalue weighted by Crippen LogP contribution is -2.39. The molecule has 0 spiro atoms. The van der Waals surface area contributed by atoms with Crippen molar-refractivity contribution in [3.05, 3.63) is 82.9 Å². The van der Waals surface area contributed by atoms with Gasteiger partial charge in [0.1, 0.15) is 35.5 Å². The number of aromatic nitrogens is 3. The van der Waals surface area contributed by atoms with Crippen molar-refractivity contribution in [2.45, 2.75) is 70.7 Å². The number of carbonyl (C=O) groups is 1. The van der Waals surface area contributed by atoms with Gasteiger partial charge in [0.2, 0.25) is 0 Å². The maximum atomic E-state index is 15.7. The van der Waals surface area contributed by atoms with E-state index in [0.29, 0.717) is 52.3 Å². The van der Waals surface area contributed by atoms with Crippen LogP contribution >= 0.6 is 0 Å². The third-order valence-corrected chi connectivity index (χ3v) is 9.28. The Morgan fingerprint density at radius 2 is 1.76 bits per heavy atom. The summed E-state index contributed by atoms with van der Waals surface area (Å²) in [5.74, 6) is -3.31. The van der Waals surface area contributed by atoms with Gasteiger partial charge in [0.15, 0.2) is 0 Å². The normalized spacial score (nSPS) is 19.5. The molecule has 244 valence electrons. The van der Waals surface area contributed by atoms with Gasteiger partial charge in [-0.3, -0.25) is 9.78 Å². The van der Waals surface area contributed by atoms with E-state index in [2.05, 4.69) is 4.98 Å². The van der Waals surface area contributed by atoms with Crippen LogP contribution in [0.5, 0.6) is 5.75 Å². The molecule has 2 aliphatic rings. The molecule has 12 heteroatoms. The molecule has 46 heavy (non-hydrogen) atoms. The first-order valence-electron chi connectivity index (χ1n) is 15.5. The Labute approximate surface area is 263 Å². The Hall–Kier alpha value is -4.22. The Bertz CT molecular complexity index is 1730. The Morgan fingerprint density at radius 3 is 2.46 bits per heavy atom. The van der Waals surface area contributed by atoms with Crippen LogP contribution in [0.4, 0.5) is 27.6 Å². The number of carboxylic acid groups (broad SMARTS) is 1. The van der Waals surface area contributed by atoms with Crippen molar-refractivity contribution in [2.75, 3.05) is 18.0 Å². The highest BCUT2D eigenvalue weighted by Gasteiger charge is 2.41. The van der Waals surface area contributed by atoms with Crippen molar-refractivity contribution >= 4 is 22.7 Å². The van der Waals surface area contributed by atoms with Crippen LogP contribution in [0.25, 0.3) is 11.0 Å². The smallest absolute Gasteiger partial charge is 0.391 e. The molecule has 0 unspecified atom stereocenters. The number of aliphatic carboxylic acids is 1. The summed E-state index contributed by atoms with van der Waals surface area (Å²) >= 11 is 0. The van der Waals surface area contributed by atoms with Crippen molar-refractivity contribution in [1.82, 2.24) is 14.5 Å². The van der Waals surface area contributed by atoms with Gasteiger partial charge in [-0.1, -0.05) is 18.9 Å². The first kappa shape index (κ1) is 31.7. The average molecular weight is 643 g/mol. The molecule has 6 rings (SSSR count). The van der Waals surface area contributed by atoms with Gasteiger partial charge >= 0.3 is 12.1 Å². The predicted molar refractivity (Wildman–Crippen MR) is 162 cm³/mol. The highest BCUT2D eigenvalue weighted by atomic mass is 19.4. The summed E-state index contributed by atoms with van der Waals surface area (Å²) in [7, 11) is 0. The quantitative estimate of drug-likeness (QED) is 0.198. The van der Waals surface area contributed by atoms with Gasteiger partial charge in [-0.2, -0.15) is 13.2 Å². The van der Waals surface area contributed by atoms with E-state index in [4.69, 9.17) is 9.72 Å². The van der Waals surface area contributed by atoms with Gasteiger partial charge in [-0.05, 0) is 68.5 Å². The molecule has 1 N–H and O–H groups in total. The topological polar surface area (TPSA) is 80.5 Å². The summed E-state index contributed by atoms with van der Waals surface area (Å²) in [4.78, 5) is 23.0. The molecule has 4 aromatic rings. The third kappa shape index (κ3) is 6.66. The molecule has 1 aliphatic heterocycles. The zero-order valence-electron chi connectivity index (χ0n) is 25.4. The van der Waals surface area contributed by atoms with Gasteiger partial charge in [-0.15, -0.1) is 0 Å². The fourth-order valence-corrected chi connectivity index (χ4v) is 6.71. The average Bonchev–Trinajstić information content (AvgIpc) is 3.38. The molecule has 7 nitrogen and oxygen atoms in total. The highest BCUT2D eigenvalue weighted by Crippen LogP contribution is 2.40. The number of hydrogen-bond acceptors (Lipinski definition) is 5. The molecule has 2 aromatic carbocycles. The zero-order valence-corrected chi connectivity index (χ0v) is 25.4. The maximum Gasteiger partial charge on any atom is 0.391 e. The third-order valence-electron chi connectivity index (χ3n) is 9.28. The molecule has 2 atom stereocenters. The van der Waals surface area contributed by atoms with Gasteiger partial charge in [-0.25, -0.2) is 13.8 Å². The monoisotopic (exact) mass is 642 g/mol. The number of imidazole rings is 1. The number of piperidine rings is 1. The summed E-state index contributed by atoms with van der Waals surface area (Å²) < 4.78 is 77.2. The number of alkyl halides is 3. The van der Waals surface area contributed by atoms with Crippen LogP contribution in [0, 0.1) is 30.4 Å². The van der Waals surface area contributed by atoms with E-state index >= 15 is 4.39 Å². The van der Waals surface area contributed by atoms with Crippen LogP contribution in [0.1, 0.15) is 67.1 Å².